The molecule has 0 spiro atoms. The molecule has 0 radical (unpaired) electrons. The molecule has 0 saturated carbocycles. The zero-order chi connectivity index (χ0) is 13.0. The van der Waals surface area contributed by atoms with Crippen molar-refractivity contribution in [2.45, 2.75) is 20.0 Å². The first-order valence-electron chi connectivity index (χ1n) is 5.51. The van der Waals surface area contributed by atoms with Crippen molar-refractivity contribution in [2.75, 3.05) is 0 Å². The first-order chi connectivity index (χ1) is 8.70. The van der Waals surface area contributed by atoms with Gasteiger partial charge in [-0.05, 0) is 13.0 Å². The number of nitriles is 1. The molecule has 1 aromatic carbocycles. The van der Waals surface area contributed by atoms with E-state index in [0.717, 1.165) is 11.5 Å². The van der Waals surface area contributed by atoms with E-state index in [1.54, 1.807) is 12.1 Å². The molecule has 0 aliphatic carbocycles. The fraction of sp³-hybridized carbons (Fsp3) is 0.231. The second-order valence-electron chi connectivity index (χ2n) is 3.92. The van der Waals surface area contributed by atoms with Gasteiger partial charge in [-0.3, -0.25) is 0 Å². The van der Waals surface area contributed by atoms with Crippen LogP contribution in [0.25, 0.3) is 0 Å². The van der Waals surface area contributed by atoms with E-state index in [2.05, 4.69) is 10.5 Å². The highest BCUT2D eigenvalue weighted by Gasteiger charge is 2.07. The van der Waals surface area contributed by atoms with Gasteiger partial charge in [0.05, 0.1) is 11.3 Å². The van der Waals surface area contributed by atoms with Crippen LogP contribution in [0, 0.1) is 24.1 Å². The van der Waals surface area contributed by atoms with Crippen LogP contribution in [0.1, 0.15) is 22.6 Å². The molecule has 0 saturated heterocycles. The van der Waals surface area contributed by atoms with Crippen molar-refractivity contribution in [3.63, 3.8) is 0 Å². The smallest absolute Gasteiger partial charge is 0.145 e. The Balaban J connectivity index is 1.97. The number of halogens is 1. The molecule has 2 aromatic rings. The van der Waals surface area contributed by atoms with E-state index in [0.29, 0.717) is 18.7 Å². The molecule has 2 rings (SSSR count). The van der Waals surface area contributed by atoms with E-state index in [1.807, 2.05) is 19.1 Å². The number of hydrogen-bond acceptors (Lipinski definition) is 4. The Morgan fingerprint density at radius 2 is 2.28 bits per heavy atom. The summed E-state index contributed by atoms with van der Waals surface area (Å²) in [7, 11) is 0. The van der Waals surface area contributed by atoms with Gasteiger partial charge in [0.15, 0.2) is 0 Å². The fourth-order valence-electron chi connectivity index (χ4n) is 1.63. The van der Waals surface area contributed by atoms with Gasteiger partial charge in [0.25, 0.3) is 0 Å². The molecule has 0 amide bonds. The molecule has 0 bridgehead atoms. The van der Waals surface area contributed by atoms with Crippen molar-refractivity contribution < 1.29 is 8.91 Å². The van der Waals surface area contributed by atoms with Crippen LogP contribution in [-0.2, 0) is 13.1 Å². The predicted molar refractivity (Wildman–Crippen MR) is 62.9 cm³/mol. The lowest BCUT2D eigenvalue weighted by atomic mass is 10.1. The third-order valence-corrected chi connectivity index (χ3v) is 2.50. The maximum Gasteiger partial charge on any atom is 0.145 e. The molecule has 0 unspecified atom stereocenters. The van der Waals surface area contributed by atoms with Crippen LogP contribution in [0.4, 0.5) is 4.39 Å². The Morgan fingerprint density at radius 1 is 1.44 bits per heavy atom. The second-order valence-corrected chi connectivity index (χ2v) is 3.92. The summed E-state index contributed by atoms with van der Waals surface area (Å²) in [6.45, 7) is 2.65. The molecule has 5 heteroatoms. The van der Waals surface area contributed by atoms with Gasteiger partial charge in [0, 0.05) is 24.7 Å². The summed E-state index contributed by atoms with van der Waals surface area (Å²) < 4.78 is 18.6. The number of benzene rings is 1. The van der Waals surface area contributed by atoms with Crippen LogP contribution in [-0.4, -0.2) is 5.16 Å². The monoisotopic (exact) mass is 245 g/mol. The molecule has 0 aliphatic heterocycles. The van der Waals surface area contributed by atoms with Crippen molar-refractivity contribution in [3.8, 4) is 6.07 Å². The van der Waals surface area contributed by atoms with Crippen LogP contribution >= 0.6 is 0 Å². The molecule has 1 N–H and O–H groups in total. The Morgan fingerprint density at radius 3 is 2.94 bits per heavy atom. The van der Waals surface area contributed by atoms with E-state index in [1.165, 1.54) is 6.07 Å². The third kappa shape index (κ3) is 2.73. The number of nitrogens with zero attached hydrogens (tertiary/aromatic N) is 2. The average molecular weight is 245 g/mol. The van der Waals surface area contributed by atoms with Gasteiger partial charge in [0.1, 0.15) is 17.6 Å². The lowest BCUT2D eigenvalue weighted by molar-refractivity contribution is 0.388. The molecule has 1 heterocycles. The third-order valence-electron chi connectivity index (χ3n) is 2.50. The first-order valence-corrected chi connectivity index (χ1v) is 5.51. The Hall–Kier alpha value is -2.19. The first kappa shape index (κ1) is 12.3. The number of rotatable bonds is 4. The molecule has 0 fully saturated rings. The van der Waals surface area contributed by atoms with Crippen LogP contribution < -0.4 is 5.32 Å². The van der Waals surface area contributed by atoms with Crippen molar-refractivity contribution in [2.24, 2.45) is 0 Å². The predicted octanol–water partition coefficient (Wildman–Crippen LogP) is 2.28. The van der Waals surface area contributed by atoms with Gasteiger partial charge >= 0.3 is 0 Å². The standard InChI is InChI=1S/C13H12FN3O/c1-9-5-12(17-18-9)8-16-7-11-4-2-3-10(6-15)13(11)14/h2-5,16H,7-8H2,1H3. The van der Waals surface area contributed by atoms with E-state index in [-0.39, 0.29) is 5.56 Å². The molecule has 0 aliphatic rings. The van der Waals surface area contributed by atoms with Crippen molar-refractivity contribution in [1.82, 2.24) is 10.5 Å². The van der Waals surface area contributed by atoms with Crippen molar-refractivity contribution in [1.29, 1.82) is 5.26 Å². The summed E-state index contributed by atoms with van der Waals surface area (Å²) in [5.41, 5.74) is 1.30. The summed E-state index contributed by atoms with van der Waals surface area (Å²) >= 11 is 0. The van der Waals surface area contributed by atoms with Gasteiger partial charge in [-0.25, -0.2) is 4.39 Å². The lowest BCUT2D eigenvalue weighted by Gasteiger charge is -2.05. The Kier molecular flexibility index (Phi) is 3.70. The SMILES string of the molecule is Cc1cc(CNCc2cccc(C#N)c2F)no1. The minimum atomic E-state index is -0.469. The molecule has 18 heavy (non-hydrogen) atoms. The lowest BCUT2D eigenvalue weighted by Crippen LogP contribution is -2.14. The zero-order valence-electron chi connectivity index (χ0n) is 9.90. The highest BCUT2D eigenvalue weighted by molar-refractivity contribution is 5.34. The maximum absolute atomic E-state index is 13.7. The summed E-state index contributed by atoms with van der Waals surface area (Å²) in [5.74, 6) is 0.272. The number of aryl methyl sites for hydroxylation is 1. The summed E-state index contributed by atoms with van der Waals surface area (Å²) in [4.78, 5) is 0. The molecule has 1 aromatic heterocycles. The number of hydrogen-bond donors (Lipinski definition) is 1. The highest BCUT2D eigenvalue weighted by atomic mass is 19.1. The van der Waals surface area contributed by atoms with Crippen LogP contribution in [0.5, 0.6) is 0 Å². The minimum absolute atomic E-state index is 0.0616. The van der Waals surface area contributed by atoms with Crippen molar-refractivity contribution in [3.05, 3.63) is 52.7 Å². The van der Waals surface area contributed by atoms with E-state index in [4.69, 9.17) is 9.78 Å². The highest BCUT2D eigenvalue weighted by Crippen LogP contribution is 2.12. The normalized spacial score (nSPS) is 10.3. The molecule has 4 nitrogen and oxygen atoms in total. The molecule has 0 atom stereocenters. The van der Waals surface area contributed by atoms with Gasteiger partial charge < -0.3 is 9.84 Å². The van der Waals surface area contributed by atoms with Crippen LogP contribution in [0.15, 0.2) is 28.8 Å². The summed E-state index contributed by atoms with van der Waals surface area (Å²) in [5, 5.41) is 15.6. The van der Waals surface area contributed by atoms with Crippen LogP contribution in [0.3, 0.4) is 0 Å². The summed E-state index contributed by atoms with van der Waals surface area (Å²) in [6.07, 6.45) is 0. The zero-order valence-corrected chi connectivity index (χ0v) is 9.90. The summed E-state index contributed by atoms with van der Waals surface area (Å²) in [6, 6.07) is 8.41. The van der Waals surface area contributed by atoms with Crippen molar-refractivity contribution >= 4 is 0 Å². The van der Waals surface area contributed by atoms with E-state index >= 15 is 0 Å². The van der Waals surface area contributed by atoms with Crippen LogP contribution in [0.2, 0.25) is 0 Å². The number of aromatic nitrogens is 1. The maximum atomic E-state index is 13.7. The quantitative estimate of drug-likeness (QED) is 0.897. The molecule has 92 valence electrons. The largest absolute Gasteiger partial charge is 0.361 e. The fourth-order valence-corrected chi connectivity index (χ4v) is 1.63. The van der Waals surface area contributed by atoms with Gasteiger partial charge in [-0.2, -0.15) is 5.26 Å². The number of nitrogens with one attached hydrogen (secondary N) is 1. The topological polar surface area (TPSA) is 61.9 Å². The van der Waals surface area contributed by atoms with Gasteiger partial charge in [0.2, 0.25) is 0 Å². The second kappa shape index (κ2) is 5.43. The van der Waals surface area contributed by atoms with E-state index in [9.17, 15) is 4.39 Å². The molecular formula is C13H12FN3O. The Bertz CT molecular complexity index is 586. The minimum Gasteiger partial charge on any atom is -0.361 e. The average Bonchev–Trinajstić information content (AvgIpc) is 2.77. The van der Waals surface area contributed by atoms with Gasteiger partial charge in [-0.15, -0.1) is 0 Å². The van der Waals surface area contributed by atoms with Gasteiger partial charge in [-0.1, -0.05) is 17.3 Å². The molecular weight excluding hydrogens is 233 g/mol. The Labute approximate surface area is 104 Å². The van der Waals surface area contributed by atoms with E-state index < -0.39 is 5.82 Å².